The number of nitrogen functional groups attached to an aromatic ring is 1. The molecule has 15 heavy (non-hydrogen) atoms. The van der Waals surface area contributed by atoms with Gasteiger partial charge in [-0.25, -0.2) is 4.39 Å². The highest BCUT2D eigenvalue weighted by Gasteiger charge is 2.10. The summed E-state index contributed by atoms with van der Waals surface area (Å²) in [5.41, 5.74) is 7.07. The smallest absolute Gasteiger partial charge is 0.127 e. The quantitative estimate of drug-likeness (QED) is 0.719. The van der Waals surface area contributed by atoms with Crippen LogP contribution < -0.4 is 10.6 Å². The predicted molar refractivity (Wildman–Crippen MR) is 61.5 cm³/mol. The van der Waals surface area contributed by atoms with Crippen LogP contribution in [0.2, 0.25) is 0 Å². The van der Waals surface area contributed by atoms with Crippen LogP contribution in [-0.4, -0.2) is 13.1 Å². The molecule has 2 N–H and O–H groups in total. The normalized spacial score (nSPS) is 17.5. The Balaban J connectivity index is 2.19. The van der Waals surface area contributed by atoms with E-state index in [9.17, 15) is 4.39 Å². The van der Waals surface area contributed by atoms with E-state index in [1.165, 1.54) is 31.7 Å². The molecule has 0 aliphatic carbocycles. The van der Waals surface area contributed by atoms with Crippen molar-refractivity contribution in [3.8, 4) is 0 Å². The molecule has 1 saturated heterocycles. The first-order valence-corrected chi connectivity index (χ1v) is 5.57. The van der Waals surface area contributed by atoms with E-state index >= 15 is 0 Å². The number of nitrogens with zero attached hydrogens (tertiary/aromatic N) is 1. The minimum absolute atomic E-state index is 0.241. The van der Waals surface area contributed by atoms with Gasteiger partial charge in [-0.1, -0.05) is 12.8 Å². The Kier molecular flexibility index (Phi) is 3.09. The molecule has 0 atom stereocenters. The zero-order chi connectivity index (χ0) is 10.7. The summed E-state index contributed by atoms with van der Waals surface area (Å²) in [6.45, 7) is 2.03. The molecule has 0 amide bonds. The second-order valence-corrected chi connectivity index (χ2v) is 4.14. The average Bonchev–Trinajstić information content (AvgIpc) is 2.43. The van der Waals surface area contributed by atoms with Crippen molar-refractivity contribution in [2.24, 2.45) is 0 Å². The molecular weight excluding hydrogens is 191 g/mol. The minimum atomic E-state index is -0.241. The summed E-state index contributed by atoms with van der Waals surface area (Å²) in [4.78, 5) is 2.23. The molecule has 2 nitrogen and oxygen atoms in total. The van der Waals surface area contributed by atoms with E-state index < -0.39 is 0 Å². The van der Waals surface area contributed by atoms with Crippen LogP contribution in [0.4, 0.5) is 15.8 Å². The van der Waals surface area contributed by atoms with Crippen LogP contribution in [0, 0.1) is 5.82 Å². The van der Waals surface area contributed by atoms with Gasteiger partial charge < -0.3 is 10.6 Å². The van der Waals surface area contributed by atoms with E-state index in [1.54, 1.807) is 6.07 Å². The van der Waals surface area contributed by atoms with Crippen molar-refractivity contribution in [3.05, 3.63) is 24.0 Å². The second-order valence-electron chi connectivity index (χ2n) is 4.14. The first kappa shape index (κ1) is 10.3. The highest BCUT2D eigenvalue weighted by atomic mass is 19.1. The number of hydrogen-bond acceptors (Lipinski definition) is 2. The fourth-order valence-corrected chi connectivity index (χ4v) is 2.11. The zero-order valence-corrected chi connectivity index (χ0v) is 8.88. The zero-order valence-electron chi connectivity index (χ0n) is 8.88. The first-order valence-electron chi connectivity index (χ1n) is 5.57. The summed E-state index contributed by atoms with van der Waals surface area (Å²) in [5.74, 6) is -0.241. The monoisotopic (exact) mass is 208 g/mol. The lowest BCUT2D eigenvalue weighted by Crippen LogP contribution is -2.24. The summed E-state index contributed by atoms with van der Waals surface area (Å²) in [7, 11) is 0. The third-order valence-corrected chi connectivity index (χ3v) is 2.88. The van der Waals surface area contributed by atoms with Gasteiger partial charge in [0.2, 0.25) is 0 Å². The number of nitrogens with two attached hydrogens (primary N) is 1. The van der Waals surface area contributed by atoms with Crippen LogP contribution >= 0.6 is 0 Å². The fourth-order valence-electron chi connectivity index (χ4n) is 2.11. The van der Waals surface area contributed by atoms with Crippen molar-refractivity contribution >= 4 is 11.4 Å². The number of hydrogen-bond donors (Lipinski definition) is 1. The molecule has 2 rings (SSSR count). The molecular formula is C12H17FN2. The van der Waals surface area contributed by atoms with Gasteiger partial charge in [-0.05, 0) is 31.0 Å². The molecule has 0 radical (unpaired) electrons. The van der Waals surface area contributed by atoms with E-state index in [1.807, 2.05) is 6.07 Å². The van der Waals surface area contributed by atoms with Crippen LogP contribution in [0.3, 0.4) is 0 Å². The van der Waals surface area contributed by atoms with Crippen molar-refractivity contribution in [2.45, 2.75) is 25.7 Å². The van der Waals surface area contributed by atoms with Crippen molar-refractivity contribution in [1.82, 2.24) is 0 Å². The Bertz CT molecular complexity index is 310. The molecule has 0 spiro atoms. The molecule has 1 aliphatic heterocycles. The van der Waals surface area contributed by atoms with Crippen LogP contribution in [0.1, 0.15) is 25.7 Å². The Morgan fingerprint density at radius 2 is 1.67 bits per heavy atom. The minimum Gasteiger partial charge on any atom is -0.399 e. The Labute approximate surface area is 89.9 Å². The van der Waals surface area contributed by atoms with Gasteiger partial charge in [0, 0.05) is 24.5 Å². The summed E-state index contributed by atoms with van der Waals surface area (Å²) < 4.78 is 13.2. The van der Waals surface area contributed by atoms with Crippen LogP contribution in [0.15, 0.2) is 18.2 Å². The van der Waals surface area contributed by atoms with Gasteiger partial charge in [0.15, 0.2) is 0 Å². The third-order valence-electron chi connectivity index (χ3n) is 2.88. The summed E-state index contributed by atoms with van der Waals surface area (Å²) in [6, 6.07) is 4.79. The molecule has 0 bridgehead atoms. The van der Waals surface area contributed by atoms with Gasteiger partial charge in [-0.2, -0.15) is 0 Å². The molecule has 0 unspecified atom stereocenters. The van der Waals surface area contributed by atoms with E-state index in [4.69, 9.17) is 5.73 Å². The van der Waals surface area contributed by atoms with Crippen LogP contribution in [-0.2, 0) is 0 Å². The van der Waals surface area contributed by atoms with Crippen LogP contribution in [0.5, 0.6) is 0 Å². The second kappa shape index (κ2) is 4.51. The van der Waals surface area contributed by atoms with E-state index in [0.29, 0.717) is 5.69 Å². The van der Waals surface area contributed by atoms with Gasteiger partial charge in [0.05, 0.1) is 0 Å². The van der Waals surface area contributed by atoms with E-state index in [0.717, 1.165) is 18.8 Å². The third kappa shape index (κ3) is 2.61. The molecule has 3 heteroatoms. The maximum absolute atomic E-state index is 13.2. The Morgan fingerprint density at radius 1 is 1.00 bits per heavy atom. The summed E-state index contributed by atoms with van der Waals surface area (Å²) >= 11 is 0. The maximum Gasteiger partial charge on any atom is 0.127 e. The molecule has 1 aromatic rings. The lowest BCUT2D eigenvalue weighted by atomic mass is 10.2. The lowest BCUT2D eigenvalue weighted by Gasteiger charge is -2.22. The summed E-state index contributed by atoms with van der Waals surface area (Å²) in [5, 5.41) is 0. The predicted octanol–water partition coefficient (Wildman–Crippen LogP) is 2.79. The van der Waals surface area contributed by atoms with Crippen molar-refractivity contribution in [1.29, 1.82) is 0 Å². The highest BCUT2D eigenvalue weighted by molar-refractivity contribution is 5.56. The van der Waals surface area contributed by atoms with Gasteiger partial charge in [0.25, 0.3) is 0 Å². The number of rotatable bonds is 1. The molecule has 1 heterocycles. The van der Waals surface area contributed by atoms with E-state index in [2.05, 4.69) is 4.90 Å². The van der Waals surface area contributed by atoms with E-state index in [-0.39, 0.29) is 5.82 Å². The topological polar surface area (TPSA) is 29.3 Å². The molecule has 1 fully saturated rings. The van der Waals surface area contributed by atoms with Gasteiger partial charge in [-0.15, -0.1) is 0 Å². The Hall–Kier alpha value is -1.25. The van der Waals surface area contributed by atoms with Crippen molar-refractivity contribution in [3.63, 3.8) is 0 Å². The number of benzene rings is 1. The lowest BCUT2D eigenvalue weighted by molar-refractivity contribution is 0.627. The largest absolute Gasteiger partial charge is 0.399 e. The average molecular weight is 208 g/mol. The molecule has 0 aromatic heterocycles. The fraction of sp³-hybridized carbons (Fsp3) is 0.500. The molecule has 1 aromatic carbocycles. The SMILES string of the molecule is Nc1cc(F)cc(N2CCCCCC2)c1. The summed E-state index contributed by atoms with van der Waals surface area (Å²) in [6.07, 6.45) is 4.94. The number of halogens is 1. The van der Waals surface area contributed by atoms with Gasteiger partial charge >= 0.3 is 0 Å². The molecule has 0 saturated carbocycles. The standard InChI is InChI=1S/C12H17FN2/c13-10-7-11(14)9-12(8-10)15-5-3-1-2-4-6-15/h7-9H,1-6,14H2. The Morgan fingerprint density at radius 3 is 2.27 bits per heavy atom. The molecule has 82 valence electrons. The maximum atomic E-state index is 13.2. The number of anilines is 2. The first-order chi connectivity index (χ1) is 7.25. The van der Waals surface area contributed by atoms with Gasteiger partial charge in [-0.3, -0.25) is 0 Å². The van der Waals surface area contributed by atoms with Crippen molar-refractivity contribution in [2.75, 3.05) is 23.7 Å². The van der Waals surface area contributed by atoms with Crippen LogP contribution in [0.25, 0.3) is 0 Å². The van der Waals surface area contributed by atoms with Gasteiger partial charge in [0.1, 0.15) is 5.82 Å². The van der Waals surface area contributed by atoms with Crippen molar-refractivity contribution < 1.29 is 4.39 Å². The highest BCUT2D eigenvalue weighted by Crippen LogP contribution is 2.22. The molecule has 1 aliphatic rings.